The van der Waals surface area contributed by atoms with Gasteiger partial charge >= 0.3 is 12.1 Å². The van der Waals surface area contributed by atoms with Crippen molar-refractivity contribution in [2.45, 2.75) is 63.7 Å². The lowest BCUT2D eigenvalue weighted by atomic mass is 10.0. The van der Waals surface area contributed by atoms with Crippen LogP contribution in [0.25, 0.3) is 0 Å². The fourth-order valence-corrected chi connectivity index (χ4v) is 8.00. The third kappa shape index (κ3) is 8.22. The Balaban J connectivity index is 1.05. The first kappa shape index (κ1) is 34.0. The number of likely N-dealkylation sites (tertiary alicyclic amines) is 1. The summed E-state index contributed by atoms with van der Waals surface area (Å²) in [5.74, 6) is -0.108. The Kier molecular flexibility index (Phi) is 10.9. The molecule has 3 saturated heterocycles. The van der Waals surface area contributed by atoms with Crippen molar-refractivity contribution < 1.29 is 19.2 Å². The minimum Gasteiger partial charge on any atom is -0.351 e. The molecule has 0 bridgehead atoms. The number of nitrogens with one attached hydrogen (secondary N) is 2. The van der Waals surface area contributed by atoms with Crippen LogP contribution in [0.2, 0.25) is 5.02 Å². The second-order valence-electron chi connectivity index (χ2n) is 13.3. The fraction of sp³-hybridized carbons (Fsp3) is 0.559. The third-order valence-corrected chi connectivity index (χ3v) is 11.4. The zero-order valence-corrected chi connectivity index (χ0v) is 29.6. The number of rotatable bonds is 7. The summed E-state index contributed by atoms with van der Waals surface area (Å²) >= 11 is 9.92. The molecular formula is C34H45BrClN7O4. The van der Waals surface area contributed by atoms with E-state index in [2.05, 4.69) is 43.4 Å². The van der Waals surface area contributed by atoms with Gasteiger partial charge < -0.3 is 30.2 Å². The second-order valence-corrected chi connectivity index (χ2v) is 14.5. The van der Waals surface area contributed by atoms with Gasteiger partial charge in [0.05, 0.1) is 5.02 Å². The first-order valence-electron chi connectivity index (χ1n) is 16.7. The summed E-state index contributed by atoms with van der Waals surface area (Å²) in [5.41, 5.74) is 3.73. The molecule has 4 heterocycles. The van der Waals surface area contributed by atoms with E-state index in [1.807, 2.05) is 53.1 Å². The number of piperidine rings is 2. The molecule has 1 atom stereocenters. The number of fused-ring (bicyclic) bond motifs is 1. The highest BCUT2D eigenvalue weighted by Gasteiger charge is 2.35. The van der Waals surface area contributed by atoms with Gasteiger partial charge in [-0.15, -0.1) is 5.06 Å². The number of benzene rings is 2. The fourth-order valence-electron chi connectivity index (χ4n) is 7.29. The van der Waals surface area contributed by atoms with Gasteiger partial charge in [0.15, 0.2) is 0 Å². The van der Waals surface area contributed by atoms with Crippen molar-refractivity contribution in [1.82, 2.24) is 30.0 Å². The van der Waals surface area contributed by atoms with Crippen LogP contribution in [0.1, 0.15) is 42.4 Å². The number of nitrogens with zero attached hydrogens (tertiary/aromatic N) is 5. The van der Waals surface area contributed by atoms with Crippen molar-refractivity contribution in [3.8, 4) is 0 Å². The van der Waals surface area contributed by atoms with E-state index < -0.39 is 12.1 Å². The van der Waals surface area contributed by atoms with Crippen LogP contribution >= 0.6 is 27.5 Å². The van der Waals surface area contributed by atoms with E-state index in [0.717, 1.165) is 65.9 Å². The van der Waals surface area contributed by atoms with E-state index in [-0.39, 0.29) is 18.0 Å². The Morgan fingerprint density at radius 1 is 1.00 bits per heavy atom. The molecule has 2 aromatic rings. The van der Waals surface area contributed by atoms with Crippen molar-refractivity contribution in [3.05, 3.63) is 62.6 Å². The van der Waals surface area contributed by atoms with Crippen LogP contribution in [-0.4, -0.2) is 120 Å². The average Bonchev–Trinajstić information content (AvgIpc) is 3.07. The molecule has 47 heavy (non-hydrogen) atoms. The van der Waals surface area contributed by atoms with E-state index in [1.165, 1.54) is 0 Å². The zero-order chi connectivity index (χ0) is 33.1. The maximum absolute atomic E-state index is 14.0. The lowest BCUT2D eigenvalue weighted by Gasteiger charge is -2.42. The molecule has 4 amide bonds. The molecule has 4 aliphatic heterocycles. The summed E-state index contributed by atoms with van der Waals surface area (Å²) in [7, 11) is 2.17. The summed E-state index contributed by atoms with van der Waals surface area (Å²) in [4.78, 5) is 54.4. The first-order valence-corrected chi connectivity index (χ1v) is 17.9. The standard InChI is InChI=1S/C34H45BrClN7O4/c1-23-19-24(20-28(35)31(23)36)21-30(32(44)41-17-15-40(16-18-41)26-7-11-39(2)12-8-26)38-34(46)47-42-13-9-27(10-14-42)43-22-25-5-3-4-6-29(25)37-33(43)45/h3-6,19-20,26-27,30H,7-18,21-22H2,1-2H3,(H,37,45)(H,38,46). The topological polar surface area (TPSA) is 101 Å². The smallest absolute Gasteiger partial charge is 0.351 e. The molecule has 0 radical (unpaired) electrons. The van der Waals surface area contributed by atoms with E-state index in [4.69, 9.17) is 16.4 Å². The summed E-state index contributed by atoms with van der Waals surface area (Å²) in [6.07, 6.45) is 3.31. The predicted molar refractivity (Wildman–Crippen MR) is 185 cm³/mol. The molecule has 3 fully saturated rings. The lowest BCUT2D eigenvalue weighted by Crippen LogP contribution is -2.58. The molecule has 254 valence electrons. The van der Waals surface area contributed by atoms with Gasteiger partial charge in [-0.1, -0.05) is 35.9 Å². The molecule has 13 heteroatoms. The van der Waals surface area contributed by atoms with Gasteiger partial charge in [-0.05, 0) is 97.5 Å². The van der Waals surface area contributed by atoms with Gasteiger partial charge in [-0.2, -0.15) is 0 Å². The van der Waals surface area contributed by atoms with Crippen LogP contribution in [0.15, 0.2) is 40.9 Å². The Labute approximate surface area is 290 Å². The van der Waals surface area contributed by atoms with E-state index in [1.54, 1.807) is 5.06 Å². The Hall–Kier alpha value is -2.90. The third-order valence-electron chi connectivity index (χ3n) is 10.1. The maximum Gasteiger partial charge on any atom is 0.426 e. The summed E-state index contributed by atoms with van der Waals surface area (Å²) in [5, 5.41) is 8.15. The van der Waals surface area contributed by atoms with Crippen LogP contribution in [0.4, 0.5) is 15.3 Å². The number of piperazine rings is 1. The summed E-state index contributed by atoms with van der Waals surface area (Å²) in [6, 6.07) is 11.4. The number of carbonyl (C=O) groups excluding carboxylic acids is 3. The lowest BCUT2D eigenvalue weighted by molar-refractivity contribution is -0.138. The molecule has 0 saturated carbocycles. The largest absolute Gasteiger partial charge is 0.426 e. The Morgan fingerprint density at radius 2 is 1.68 bits per heavy atom. The number of para-hydroxylation sites is 1. The number of urea groups is 1. The van der Waals surface area contributed by atoms with Crippen LogP contribution in [0, 0.1) is 6.92 Å². The molecular weight excluding hydrogens is 686 g/mol. The number of hydrogen-bond acceptors (Lipinski definition) is 7. The second kappa shape index (κ2) is 15.1. The molecule has 0 aliphatic carbocycles. The van der Waals surface area contributed by atoms with Crippen molar-refractivity contribution in [1.29, 1.82) is 0 Å². The molecule has 2 aromatic carbocycles. The van der Waals surface area contributed by atoms with Crippen molar-refractivity contribution in [2.24, 2.45) is 0 Å². The van der Waals surface area contributed by atoms with Gasteiger partial charge in [0.25, 0.3) is 0 Å². The van der Waals surface area contributed by atoms with Gasteiger partial charge in [0, 0.05) is 74.5 Å². The van der Waals surface area contributed by atoms with Gasteiger partial charge in [-0.25, -0.2) is 9.59 Å². The van der Waals surface area contributed by atoms with Crippen LogP contribution in [0.5, 0.6) is 0 Å². The predicted octanol–water partition coefficient (Wildman–Crippen LogP) is 4.71. The average molecular weight is 731 g/mol. The number of halogens is 2. The quantitative estimate of drug-likeness (QED) is 0.426. The molecule has 11 nitrogen and oxygen atoms in total. The molecule has 6 rings (SSSR count). The van der Waals surface area contributed by atoms with Crippen LogP contribution in [0.3, 0.4) is 0 Å². The summed E-state index contributed by atoms with van der Waals surface area (Å²) in [6.45, 7) is 8.60. The highest BCUT2D eigenvalue weighted by molar-refractivity contribution is 9.10. The number of aryl methyl sites for hydroxylation is 1. The highest BCUT2D eigenvalue weighted by atomic mass is 79.9. The first-order chi connectivity index (χ1) is 22.6. The van der Waals surface area contributed by atoms with E-state index in [9.17, 15) is 14.4 Å². The van der Waals surface area contributed by atoms with Crippen molar-refractivity contribution >= 4 is 51.2 Å². The van der Waals surface area contributed by atoms with Crippen LogP contribution < -0.4 is 10.6 Å². The molecule has 0 spiro atoms. The summed E-state index contributed by atoms with van der Waals surface area (Å²) < 4.78 is 0.753. The van der Waals surface area contributed by atoms with Gasteiger partial charge in [-0.3, -0.25) is 9.69 Å². The van der Waals surface area contributed by atoms with Crippen molar-refractivity contribution in [3.63, 3.8) is 0 Å². The van der Waals surface area contributed by atoms with Crippen molar-refractivity contribution in [2.75, 3.05) is 64.7 Å². The normalized spacial score (nSPS) is 21.2. The van der Waals surface area contributed by atoms with Gasteiger partial charge in [0.1, 0.15) is 6.04 Å². The highest BCUT2D eigenvalue weighted by Crippen LogP contribution is 2.29. The molecule has 0 aromatic heterocycles. The number of hydroxylamine groups is 2. The molecule has 4 aliphatic rings. The number of carbonyl (C=O) groups is 3. The van der Waals surface area contributed by atoms with E-state index in [0.29, 0.717) is 63.1 Å². The SMILES string of the molecule is Cc1cc(CC(NC(=O)ON2CCC(N3Cc4ccccc4NC3=O)CC2)C(=O)N2CCN(C3CCN(C)CC3)CC2)cc(Br)c1Cl. The van der Waals surface area contributed by atoms with E-state index >= 15 is 0 Å². The zero-order valence-electron chi connectivity index (χ0n) is 27.2. The maximum atomic E-state index is 14.0. The Bertz CT molecular complexity index is 1430. The molecule has 2 N–H and O–H groups in total. The number of amides is 4. The van der Waals surface area contributed by atoms with Crippen LogP contribution in [-0.2, 0) is 22.6 Å². The minimum atomic E-state index is -0.792. The minimum absolute atomic E-state index is 0.0420. The number of hydrogen-bond donors (Lipinski definition) is 2. The Morgan fingerprint density at radius 3 is 2.38 bits per heavy atom. The molecule has 1 unspecified atom stereocenters. The number of anilines is 1. The monoisotopic (exact) mass is 729 g/mol. The van der Waals surface area contributed by atoms with Gasteiger partial charge in [0.2, 0.25) is 5.91 Å².